The summed E-state index contributed by atoms with van der Waals surface area (Å²) in [5.74, 6) is -1.24. The second-order valence-corrected chi connectivity index (χ2v) is 7.14. The average Bonchev–Trinajstić information content (AvgIpc) is 3.13. The van der Waals surface area contributed by atoms with Crippen molar-refractivity contribution in [2.45, 2.75) is 49.0 Å². The van der Waals surface area contributed by atoms with Crippen LogP contribution in [0, 0.1) is 11.3 Å². The minimum atomic E-state index is -0.831. The molecule has 0 bridgehead atoms. The van der Waals surface area contributed by atoms with Gasteiger partial charge in [0.2, 0.25) is 0 Å². The molecule has 1 N–H and O–H groups in total. The van der Waals surface area contributed by atoms with Crippen LogP contribution < -0.4 is 5.32 Å². The van der Waals surface area contributed by atoms with Crippen molar-refractivity contribution in [3.8, 4) is 6.07 Å². The maximum absolute atomic E-state index is 12.1. The second kappa shape index (κ2) is 9.39. The minimum absolute atomic E-state index is 0.0290. The fourth-order valence-corrected chi connectivity index (χ4v) is 3.31. The zero-order chi connectivity index (χ0) is 19.0. The molecule has 0 spiro atoms. The van der Waals surface area contributed by atoms with E-state index >= 15 is 0 Å². The Morgan fingerprint density at radius 1 is 1.19 bits per heavy atom. The number of hydrogen-bond acceptors (Lipinski definition) is 6. The predicted octanol–water partition coefficient (Wildman–Crippen LogP) is 2.87. The molecule has 0 aromatic heterocycles. The largest absolute Gasteiger partial charge is 0.456 e. The first-order chi connectivity index (χ1) is 12.5. The third kappa shape index (κ3) is 5.60. The summed E-state index contributed by atoms with van der Waals surface area (Å²) in [5.41, 5.74) is -0.284. The van der Waals surface area contributed by atoms with Crippen LogP contribution in [0.5, 0.6) is 0 Å². The van der Waals surface area contributed by atoms with E-state index in [1.807, 2.05) is 18.4 Å². The van der Waals surface area contributed by atoms with Gasteiger partial charge in [-0.3, -0.25) is 14.4 Å². The Morgan fingerprint density at radius 2 is 1.85 bits per heavy atom. The average molecular weight is 374 g/mol. The molecule has 1 amide bonds. The van der Waals surface area contributed by atoms with Crippen molar-refractivity contribution in [1.29, 1.82) is 5.26 Å². The Bertz CT molecular complexity index is 703. The number of nitrogens with one attached hydrogen (secondary N) is 1. The summed E-state index contributed by atoms with van der Waals surface area (Å²) in [6.07, 6.45) is 4.93. The molecule has 0 saturated heterocycles. The summed E-state index contributed by atoms with van der Waals surface area (Å²) in [7, 11) is 0. The molecule has 0 atom stereocenters. The Kier molecular flexibility index (Phi) is 7.22. The molecular formula is C19H22N2O4S. The van der Waals surface area contributed by atoms with Crippen molar-refractivity contribution in [3.05, 3.63) is 29.8 Å². The van der Waals surface area contributed by atoms with Gasteiger partial charge in [-0.15, -0.1) is 11.8 Å². The summed E-state index contributed by atoms with van der Waals surface area (Å²) < 4.78 is 4.91. The van der Waals surface area contributed by atoms with E-state index in [0.717, 1.165) is 17.7 Å². The number of rotatable bonds is 8. The molecule has 2 rings (SSSR count). The highest BCUT2D eigenvalue weighted by Gasteiger charge is 2.35. The van der Waals surface area contributed by atoms with E-state index in [0.29, 0.717) is 18.4 Å². The molecule has 138 valence electrons. The lowest BCUT2D eigenvalue weighted by molar-refractivity contribution is -0.148. The Labute approximate surface area is 157 Å². The zero-order valence-electron chi connectivity index (χ0n) is 14.7. The molecular weight excluding hydrogens is 352 g/mol. The summed E-state index contributed by atoms with van der Waals surface area (Å²) in [6.45, 7) is -0.432. The van der Waals surface area contributed by atoms with Gasteiger partial charge in [-0.1, -0.05) is 12.1 Å². The van der Waals surface area contributed by atoms with Crippen molar-refractivity contribution < 1.29 is 19.1 Å². The molecule has 1 aromatic rings. The van der Waals surface area contributed by atoms with Crippen molar-refractivity contribution in [2.24, 2.45) is 0 Å². The number of nitrogens with zero attached hydrogens (tertiary/aromatic N) is 1. The van der Waals surface area contributed by atoms with Gasteiger partial charge in [-0.2, -0.15) is 5.26 Å². The van der Waals surface area contributed by atoms with Crippen LogP contribution in [0.15, 0.2) is 29.2 Å². The third-order valence-electron chi connectivity index (χ3n) is 4.38. The molecule has 0 unspecified atom stereocenters. The smallest absolute Gasteiger partial charge is 0.306 e. The number of thioether (sulfide) groups is 1. The van der Waals surface area contributed by atoms with Gasteiger partial charge in [0.1, 0.15) is 5.54 Å². The molecule has 0 aliphatic heterocycles. The molecule has 7 heteroatoms. The molecule has 26 heavy (non-hydrogen) atoms. The van der Waals surface area contributed by atoms with E-state index in [1.165, 1.54) is 0 Å². The second-order valence-electron chi connectivity index (χ2n) is 6.26. The van der Waals surface area contributed by atoms with Gasteiger partial charge in [-0.25, -0.2) is 0 Å². The van der Waals surface area contributed by atoms with Crippen molar-refractivity contribution in [1.82, 2.24) is 5.32 Å². The maximum atomic E-state index is 12.1. The summed E-state index contributed by atoms with van der Waals surface area (Å²) in [6, 6.07) is 9.32. The van der Waals surface area contributed by atoms with Crippen LogP contribution in [0.4, 0.5) is 0 Å². The number of amides is 1. The molecule has 6 nitrogen and oxygen atoms in total. The van der Waals surface area contributed by atoms with E-state index in [-0.39, 0.29) is 18.6 Å². The van der Waals surface area contributed by atoms with Gasteiger partial charge in [0, 0.05) is 16.9 Å². The van der Waals surface area contributed by atoms with Crippen LogP contribution >= 0.6 is 11.8 Å². The monoisotopic (exact) mass is 374 g/mol. The van der Waals surface area contributed by atoms with Crippen molar-refractivity contribution in [2.75, 3.05) is 12.9 Å². The Hall–Kier alpha value is -2.33. The molecule has 0 radical (unpaired) electrons. The first-order valence-corrected chi connectivity index (χ1v) is 9.76. The highest BCUT2D eigenvalue weighted by Crippen LogP contribution is 2.28. The van der Waals surface area contributed by atoms with Crippen LogP contribution in [0.3, 0.4) is 0 Å². The number of Topliss-reactive ketones (excluding diaryl/α,β-unsaturated/α-hetero) is 1. The number of hydrogen-bond donors (Lipinski definition) is 1. The lowest BCUT2D eigenvalue weighted by Gasteiger charge is -2.21. The zero-order valence-corrected chi connectivity index (χ0v) is 15.6. The maximum Gasteiger partial charge on any atom is 0.306 e. The number of benzene rings is 1. The van der Waals surface area contributed by atoms with Crippen LogP contribution in [0.2, 0.25) is 0 Å². The van der Waals surface area contributed by atoms with Gasteiger partial charge < -0.3 is 10.1 Å². The van der Waals surface area contributed by atoms with E-state index in [1.54, 1.807) is 23.9 Å². The van der Waals surface area contributed by atoms with Gasteiger partial charge in [0.05, 0.1) is 12.5 Å². The normalized spacial score (nSPS) is 15.1. The van der Waals surface area contributed by atoms with Crippen molar-refractivity contribution in [3.63, 3.8) is 0 Å². The minimum Gasteiger partial charge on any atom is -0.456 e. The predicted molar refractivity (Wildman–Crippen MR) is 97.7 cm³/mol. The molecule has 1 aromatic carbocycles. The van der Waals surface area contributed by atoms with E-state index in [2.05, 4.69) is 11.4 Å². The lowest BCUT2D eigenvalue weighted by Crippen LogP contribution is -2.46. The van der Waals surface area contributed by atoms with Gasteiger partial charge in [-0.05, 0) is 44.1 Å². The highest BCUT2D eigenvalue weighted by molar-refractivity contribution is 7.98. The summed E-state index contributed by atoms with van der Waals surface area (Å²) in [5, 5.41) is 11.9. The number of ether oxygens (including phenoxy) is 1. The number of nitriles is 1. The fourth-order valence-electron chi connectivity index (χ4n) is 2.90. The third-order valence-corrected chi connectivity index (χ3v) is 5.13. The first-order valence-electron chi connectivity index (χ1n) is 8.53. The fraction of sp³-hybridized carbons (Fsp3) is 0.474. The highest BCUT2D eigenvalue weighted by atomic mass is 32.2. The SMILES string of the molecule is CSc1ccc(C(=O)CCC(=O)OCC(=O)NC2(C#N)CCCC2)cc1. The summed E-state index contributed by atoms with van der Waals surface area (Å²) in [4.78, 5) is 36.8. The van der Waals surface area contributed by atoms with Crippen molar-refractivity contribution >= 4 is 29.4 Å². The summed E-state index contributed by atoms with van der Waals surface area (Å²) >= 11 is 1.59. The molecule has 1 saturated carbocycles. The quantitative estimate of drug-likeness (QED) is 0.427. The Morgan fingerprint density at radius 3 is 2.42 bits per heavy atom. The number of esters is 1. The van der Waals surface area contributed by atoms with Crippen LogP contribution in [0.25, 0.3) is 0 Å². The first kappa shape index (κ1) is 20.0. The number of ketones is 1. The number of carbonyl (C=O) groups is 3. The topological polar surface area (TPSA) is 96.3 Å². The van der Waals surface area contributed by atoms with Gasteiger partial charge in [0.15, 0.2) is 12.4 Å². The molecule has 0 heterocycles. The number of carbonyl (C=O) groups excluding carboxylic acids is 3. The Balaban J connectivity index is 1.72. The van der Waals surface area contributed by atoms with Crippen LogP contribution in [-0.2, 0) is 14.3 Å². The van der Waals surface area contributed by atoms with Gasteiger partial charge in [0.25, 0.3) is 5.91 Å². The standard InChI is InChI=1S/C19H22N2O4S/c1-26-15-6-4-14(5-7-15)16(22)8-9-18(24)25-12-17(23)21-19(13-20)10-2-3-11-19/h4-7H,2-3,8-12H2,1H3,(H,21,23). The van der Waals surface area contributed by atoms with Gasteiger partial charge >= 0.3 is 5.97 Å². The van der Waals surface area contributed by atoms with E-state index in [9.17, 15) is 19.6 Å². The van der Waals surface area contributed by atoms with Crippen LogP contribution in [-0.4, -0.2) is 36.1 Å². The van der Waals surface area contributed by atoms with E-state index < -0.39 is 24.0 Å². The molecule has 1 aliphatic carbocycles. The molecule has 1 fully saturated rings. The van der Waals surface area contributed by atoms with Crippen LogP contribution in [0.1, 0.15) is 48.9 Å². The lowest BCUT2D eigenvalue weighted by atomic mass is 10.00. The molecule has 1 aliphatic rings. The van der Waals surface area contributed by atoms with E-state index in [4.69, 9.17) is 4.74 Å².